The molecule has 3 amide bonds. The molecule has 0 bridgehead atoms. The normalized spacial score (nSPS) is 13.3. The van der Waals surface area contributed by atoms with Crippen LogP contribution in [0.4, 0.5) is 5.69 Å². The molecular weight excluding hydrogens is 348 g/mol. The number of rotatable bonds is 2. The molecule has 110 valence electrons. The number of fused-ring (bicyclic) bond motifs is 1. The quantitative estimate of drug-likeness (QED) is 0.839. The average molecular weight is 359 g/mol. The second-order valence-electron chi connectivity index (χ2n) is 4.89. The summed E-state index contributed by atoms with van der Waals surface area (Å²) in [7, 11) is 1.42. The fourth-order valence-electron chi connectivity index (χ4n) is 2.27. The van der Waals surface area contributed by atoms with E-state index in [9.17, 15) is 14.4 Å². The Balaban J connectivity index is 1.89. The second-order valence-corrected chi connectivity index (χ2v) is 5.81. The molecular formula is C16H11BrN2O3. The zero-order valence-electron chi connectivity index (χ0n) is 11.6. The molecule has 1 N–H and O–H groups in total. The van der Waals surface area contributed by atoms with Crippen LogP contribution in [0.1, 0.15) is 31.1 Å². The summed E-state index contributed by atoms with van der Waals surface area (Å²) in [5.74, 6) is -1.08. The van der Waals surface area contributed by atoms with Crippen LogP contribution in [-0.4, -0.2) is 29.7 Å². The lowest BCUT2D eigenvalue weighted by atomic mass is 10.1. The molecule has 0 spiro atoms. The zero-order valence-corrected chi connectivity index (χ0v) is 13.2. The molecule has 5 nitrogen and oxygen atoms in total. The highest BCUT2D eigenvalue weighted by Gasteiger charge is 2.33. The van der Waals surface area contributed by atoms with Crippen molar-refractivity contribution in [2.24, 2.45) is 0 Å². The van der Waals surface area contributed by atoms with Crippen molar-refractivity contribution in [3.05, 3.63) is 63.6 Å². The predicted molar refractivity (Wildman–Crippen MR) is 85.0 cm³/mol. The number of imide groups is 1. The van der Waals surface area contributed by atoms with Gasteiger partial charge in [0, 0.05) is 22.8 Å². The lowest BCUT2D eigenvalue weighted by Gasteiger charge is -2.06. The van der Waals surface area contributed by atoms with Gasteiger partial charge in [0.25, 0.3) is 17.7 Å². The standard InChI is InChI=1S/C16H11BrN2O3/c1-19-15(21)12-6-5-9(7-13(12)16(19)22)14(20)18-11-4-2-3-10(17)8-11/h2-8H,1H3,(H,18,20). The number of nitrogens with one attached hydrogen (secondary N) is 1. The number of halogens is 1. The van der Waals surface area contributed by atoms with Gasteiger partial charge in [-0.2, -0.15) is 0 Å². The molecule has 0 atom stereocenters. The molecule has 0 saturated heterocycles. The Morgan fingerprint density at radius 1 is 1.05 bits per heavy atom. The fourth-order valence-corrected chi connectivity index (χ4v) is 2.67. The van der Waals surface area contributed by atoms with E-state index < -0.39 is 5.91 Å². The van der Waals surface area contributed by atoms with Gasteiger partial charge in [-0.05, 0) is 36.4 Å². The van der Waals surface area contributed by atoms with E-state index in [1.807, 2.05) is 6.07 Å². The first-order valence-electron chi connectivity index (χ1n) is 6.51. The van der Waals surface area contributed by atoms with E-state index in [1.165, 1.54) is 25.2 Å². The Morgan fingerprint density at radius 3 is 2.50 bits per heavy atom. The van der Waals surface area contributed by atoms with E-state index in [0.29, 0.717) is 16.8 Å². The minimum Gasteiger partial charge on any atom is -0.322 e. The van der Waals surface area contributed by atoms with Crippen molar-refractivity contribution < 1.29 is 14.4 Å². The minimum absolute atomic E-state index is 0.259. The van der Waals surface area contributed by atoms with Gasteiger partial charge in [0.15, 0.2) is 0 Å². The van der Waals surface area contributed by atoms with E-state index in [4.69, 9.17) is 0 Å². The summed E-state index contributed by atoms with van der Waals surface area (Å²) < 4.78 is 0.849. The molecule has 0 unspecified atom stereocenters. The summed E-state index contributed by atoms with van der Waals surface area (Å²) in [6, 6.07) is 11.7. The number of hydrogen-bond acceptors (Lipinski definition) is 3. The highest BCUT2D eigenvalue weighted by atomic mass is 79.9. The molecule has 22 heavy (non-hydrogen) atoms. The van der Waals surface area contributed by atoms with Gasteiger partial charge in [0.1, 0.15) is 0 Å². The van der Waals surface area contributed by atoms with Crippen LogP contribution in [0.5, 0.6) is 0 Å². The third kappa shape index (κ3) is 2.42. The largest absolute Gasteiger partial charge is 0.322 e. The van der Waals surface area contributed by atoms with Crippen molar-refractivity contribution in [3.8, 4) is 0 Å². The average Bonchev–Trinajstić information content (AvgIpc) is 2.72. The summed E-state index contributed by atoms with van der Waals surface area (Å²) in [4.78, 5) is 37.1. The van der Waals surface area contributed by atoms with Crippen LogP contribution in [-0.2, 0) is 0 Å². The smallest absolute Gasteiger partial charge is 0.261 e. The van der Waals surface area contributed by atoms with Gasteiger partial charge in [-0.3, -0.25) is 19.3 Å². The number of benzene rings is 2. The van der Waals surface area contributed by atoms with Gasteiger partial charge in [-0.1, -0.05) is 22.0 Å². The molecule has 0 aromatic heterocycles. The van der Waals surface area contributed by atoms with E-state index in [-0.39, 0.29) is 17.4 Å². The van der Waals surface area contributed by atoms with Gasteiger partial charge >= 0.3 is 0 Å². The summed E-state index contributed by atoms with van der Waals surface area (Å²) in [5, 5.41) is 2.75. The monoisotopic (exact) mass is 358 g/mol. The molecule has 0 aliphatic carbocycles. The maximum Gasteiger partial charge on any atom is 0.261 e. The topological polar surface area (TPSA) is 66.5 Å². The van der Waals surface area contributed by atoms with Crippen molar-refractivity contribution in [1.29, 1.82) is 0 Å². The molecule has 0 radical (unpaired) electrons. The summed E-state index contributed by atoms with van der Waals surface area (Å²) in [5.41, 5.74) is 1.55. The Bertz CT molecular complexity index is 817. The van der Waals surface area contributed by atoms with E-state index in [0.717, 1.165) is 9.37 Å². The maximum absolute atomic E-state index is 12.3. The summed E-state index contributed by atoms with van der Waals surface area (Å²) >= 11 is 3.33. The van der Waals surface area contributed by atoms with Crippen LogP contribution in [0.25, 0.3) is 0 Å². The minimum atomic E-state index is -0.392. The van der Waals surface area contributed by atoms with Crippen LogP contribution in [0, 0.1) is 0 Å². The number of anilines is 1. The Hall–Kier alpha value is -2.47. The number of amides is 3. The predicted octanol–water partition coefficient (Wildman–Crippen LogP) is 2.93. The van der Waals surface area contributed by atoms with Gasteiger partial charge < -0.3 is 5.32 Å². The van der Waals surface area contributed by atoms with Gasteiger partial charge in [0.2, 0.25) is 0 Å². The SMILES string of the molecule is CN1C(=O)c2ccc(C(=O)Nc3cccc(Br)c3)cc2C1=O. The number of nitrogens with zero attached hydrogens (tertiary/aromatic N) is 1. The lowest BCUT2D eigenvalue weighted by molar-refractivity contribution is 0.0693. The number of carbonyl (C=O) groups excluding carboxylic acids is 3. The molecule has 2 aromatic carbocycles. The fraction of sp³-hybridized carbons (Fsp3) is 0.0625. The molecule has 0 fully saturated rings. The molecule has 1 aliphatic heterocycles. The maximum atomic E-state index is 12.3. The number of carbonyl (C=O) groups is 3. The van der Waals surface area contributed by atoms with Crippen molar-refractivity contribution in [1.82, 2.24) is 4.90 Å². The summed E-state index contributed by atoms with van der Waals surface area (Å²) in [6.07, 6.45) is 0. The Morgan fingerprint density at radius 2 is 1.77 bits per heavy atom. The van der Waals surface area contributed by atoms with Crippen molar-refractivity contribution in [2.45, 2.75) is 0 Å². The van der Waals surface area contributed by atoms with Crippen LogP contribution < -0.4 is 5.32 Å². The molecule has 0 saturated carbocycles. The third-order valence-corrected chi connectivity index (χ3v) is 3.93. The van der Waals surface area contributed by atoms with Gasteiger partial charge in [-0.25, -0.2) is 0 Å². The Kier molecular flexibility index (Phi) is 3.54. The molecule has 3 rings (SSSR count). The van der Waals surface area contributed by atoms with Crippen molar-refractivity contribution in [2.75, 3.05) is 12.4 Å². The van der Waals surface area contributed by atoms with Gasteiger partial charge in [-0.15, -0.1) is 0 Å². The van der Waals surface area contributed by atoms with E-state index in [1.54, 1.807) is 18.2 Å². The van der Waals surface area contributed by atoms with Crippen LogP contribution in [0.3, 0.4) is 0 Å². The third-order valence-electron chi connectivity index (χ3n) is 3.43. The first-order chi connectivity index (χ1) is 10.5. The Labute approximate surface area is 135 Å². The molecule has 1 heterocycles. The number of hydrogen-bond donors (Lipinski definition) is 1. The first-order valence-corrected chi connectivity index (χ1v) is 7.30. The van der Waals surface area contributed by atoms with Gasteiger partial charge in [0.05, 0.1) is 11.1 Å². The van der Waals surface area contributed by atoms with Crippen LogP contribution in [0.15, 0.2) is 46.9 Å². The van der Waals surface area contributed by atoms with Crippen molar-refractivity contribution in [3.63, 3.8) is 0 Å². The first kappa shape index (κ1) is 14.5. The molecule has 1 aliphatic rings. The van der Waals surface area contributed by atoms with Crippen molar-refractivity contribution >= 4 is 39.3 Å². The highest BCUT2D eigenvalue weighted by Crippen LogP contribution is 2.23. The lowest BCUT2D eigenvalue weighted by Crippen LogP contribution is -2.24. The highest BCUT2D eigenvalue weighted by molar-refractivity contribution is 9.10. The van der Waals surface area contributed by atoms with Crippen LogP contribution >= 0.6 is 15.9 Å². The van der Waals surface area contributed by atoms with E-state index in [2.05, 4.69) is 21.2 Å². The second kappa shape index (κ2) is 5.38. The molecule has 2 aromatic rings. The molecule has 6 heteroatoms. The summed E-state index contributed by atoms with van der Waals surface area (Å²) in [6.45, 7) is 0. The van der Waals surface area contributed by atoms with Crippen LogP contribution in [0.2, 0.25) is 0 Å². The van der Waals surface area contributed by atoms with E-state index >= 15 is 0 Å². The zero-order chi connectivity index (χ0) is 15.9.